The highest BCUT2D eigenvalue weighted by Crippen LogP contribution is 2.30. The summed E-state index contributed by atoms with van der Waals surface area (Å²) < 4.78 is 7.43. The van der Waals surface area contributed by atoms with E-state index in [1.807, 2.05) is 23.7 Å². The van der Waals surface area contributed by atoms with Crippen molar-refractivity contribution in [3.63, 3.8) is 0 Å². The van der Waals surface area contributed by atoms with E-state index < -0.39 is 0 Å². The minimum atomic E-state index is 0.246. The van der Waals surface area contributed by atoms with Gasteiger partial charge in [0, 0.05) is 48.9 Å². The largest absolute Gasteiger partial charge is 0.426 e. The molecule has 0 radical (unpaired) electrons. The molecule has 1 saturated carbocycles. The number of rotatable bonds is 5. The van der Waals surface area contributed by atoms with Gasteiger partial charge in [-0.3, -0.25) is 0 Å². The van der Waals surface area contributed by atoms with Crippen molar-refractivity contribution in [3.8, 4) is 0 Å². The number of fused-ring (bicyclic) bond motifs is 1. The van der Waals surface area contributed by atoms with Gasteiger partial charge in [-0.25, -0.2) is 9.50 Å². The van der Waals surface area contributed by atoms with Gasteiger partial charge in [-0.2, -0.15) is 5.10 Å². The zero-order valence-corrected chi connectivity index (χ0v) is 14.9. The minimum absolute atomic E-state index is 0.246. The van der Waals surface area contributed by atoms with E-state index in [9.17, 15) is 0 Å². The third kappa shape index (κ3) is 3.28. The summed E-state index contributed by atoms with van der Waals surface area (Å²) in [6, 6.07) is 2.68. The third-order valence-electron chi connectivity index (χ3n) is 5.22. The Morgan fingerprint density at radius 2 is 2.20 bits per heavy atom. The van der Waals surface area contributed by atoms with E-state index in [4.69, 9.17) is 4.42 Å². The zero-order chi connectivity index (χ0) is 17.4. The van der Waals surface area contributed by atoms with Crippen molar-refractivity contribution in [2.24, 2.45) is 5.92 Å². The van der Waals surface area contributed by atoms with E-state index in [1.165, 1.54) is 18.4 Å². The van der Waals surface area contributed by atoms with Gasteiger partial charge < -0.3 is 9.73 Å². The summed E-state index contributed by atoms with van der Waals surface area (Å²) in [7, 11) is 0. The Labute approximate surface area is 146 Å². The lowest BCUT2D eigenvalue weighted by molar-refractivity contribution is 0.400. The number of aryl methyl sites for hydroxylation is 2. The van der Waals surface area contributed by atoms with Crippen LogP contribution in [-0.2, 0) is 6.42 Å². The molecule has 1 aliphatic rings. The lowest BCUT2D eigenvalue weighted by Crippen LogP contribution is -2.30. The molecular weight excluding hydrogens is 316 g/mol. The lowest BCUT2D eigenvalue weighted by Gasteiger charge is -2.21. The van der Waals surface area contributed by atoms with Gasteiger partial charge in [0.05, 0.1) is 6.20 Å². The number of hydrogen-bond donors (Lipinski definition) is 1. The van der Waals surface area contributed by atoms with E-state index in [1.54, 1.807) is 6.20 Å². The van der Waals surface area contributed by atoms with E-state index in [0.717, 1.165) is 30.1 Å². The Hall–Kier alpha value is -2.28. The van der Waals surface area contributed by atoms with E-state index in [0.29, 0.717) is 17.9 Å². The molecule has 0 amide bonds. The predicted molar refractivity (Wildman–Crippen MR) is 93.1 cm³/mol. The number of nitrogens with zero attached hydrogens (tertiary/aromatic N) is 5. The summed E-state index contributed by atoms with van der Waals surface area (Å²) in [5.41, 5.74) is 3.24. The zero-order valence-electron chi connectivity index (χ0n) is 14.9. The molecule has 7 nitrogen and oxygen atoms in total. The second-order valence-electron chi connectivity index (χ2n) is 7.08. The van der Waals surface area contributed by atoms with Gasteiger partial charge in [0.25, 0.3) is 0 Å². The Morgan fingerprint density at radius 3 is 3.00 bits per heavy atom. The molecule has 3 atom stereocenters. The molecule has 3 heterocycles. The van der Waals surface area contributed by atoms with Crippen LogP contribution in [0.15, 0.2) is 22.9 Å². The first-order valence-corrected chi connectivity index (χ1v) is 8.94. The van der Waals surface area contributed by atoms with Crippen LogP contribution in [0.5, 0.6) is 0 Å². The minimum Gasteiger partial charge on any atom is -0.426 e. The van der Waals surface area contributed by atoms with Crippen molar-refractivity contribution in [3.05, 3.63) is 41.5 Å². The van der Waals surface area contributed by atoms with E-state index >= 15 is 0 Å². The van der Waals surface area contributed by atoms with Crippen LogP contribution in [0, 0.1) is 19.8 Å². The first-order valence-electron chi connectivity index (χ1n) is 8.94. The summed E-state index contributed by atoms with van der Waals surface area (Å²) in [5, 5.41) is 16.2. The second kappa shape index (κ2) is 6.55. The normalized spacial score (nSPS) is 21.9. The monoisotopic (exact) mass is 340 g/mol. The van der Waals surface area contributed by atoms with Gasteiger partial charge in [0.2, 0.25) is 11.8 Å². The Balaban J connectivity index is 1.39. The van der Waals surface area contributed by atoms with Gasteiger partial charge in [-0.1, -0.05) is 0 Å². The maximum Gasteiger partial charge on any atom is 0.216 e. The van der Waals surface area contributed by atoms with Crippen LogP contribution in [0.4, 0.5) is 0 Å². The number of aromatic nitrogens is 5. The van der Waals surface area contributed by atoms with Crippen LogP contribution in [-0.4, -0.2) is 30.8 Å². The molecule has 0 bridgehead atoms. The Kier molecular flexibility index (Phi) is 4.25. The molecule has 25 heavy (non-hydrogen) atoms. The number of nitrogens with one attached hydrogen (secondary N) is 1. The van der Waals surface area contributed by atoms with Crippen molar-refractivity contribution in [1.29, 1.82) is 0 Å². The lowest BCUT2D eigenvalue weighted by atomic mass is 10.0. The molecule has 0 saturated heterocycles. The van der Waals surface area contributed by atoms with Gasteiger partial charge in [0.1, 0.15) is 0 Å². The molecule has 1 unspecified atom stereocenters. The van der Waals surface area contributed by atoms with Crippen molar-refractivity contribution in [2.75, 3.05) is 0 Å². The molecule has 1 aliphatic carbocycles. The van der Waals surface area contributed by atoms with Crippen molar-refractivity contribution in [2.45, 2.75) is 58.5 Å². The van der Waals surface area contributed by atoms with Crippen LogP contribution < -0.4 is 5.32 Å². The Bertz CT molecular complexity index is 869. The fraction of sp³-hybridized carbons (Fsp3) is 0.556. The van der Waals surface area contributed by atoms with Crippen LogP contribution >= 0.6 is 0 Å². The molecule has 0 aromatic carbocycles. The molecule has 3 aromatic rings. The standard InChI is InChI=1S/C18H24N6O/c1-11(16-10-19-17-6-7-20-24(17)12(16)2)21-15-5-4-14(8-15)9-18-23-22-13(3)25-18/h6-7,10-11,14-15,21H,4-5,8-9H2,1-3H3/t11?,14-,15+/m1/s1. The molecule has 7 heteroatoms. The summed E-state index contributed by atoms with van der Waals surface area (Å²) >= 11 is 0. The SMILES string of the molecule is Cc1nnc(C[C@@H]2CC[C@H](NC(C)c3cnc4ccnn4c3C)C2)o1. The maximum absolute atomic E-state index is 5.52. The van der Waals surface area contributed by atoms with Crippen LogP contribution in [0.3, 0.4) is 0 Å². The van der Waals surface area contributed by atoms with E-state index in [2.05, 4.69) is 39.4 Å². The molecule has 0 spiro atoms. The fourth-order valence-electron chi connectivity index (χ4n) is 3.95. The highest BCUT2D eigenvalue weighted by molar-refractivity contribution is 5.39. The average Bonchev–Trinajstić information content (AvgIpc) is 3.30. The van der Waals surface area contributed by atoms with Crippen molar-refractivity contribution >= 4 is 5.65 Å². The molecule has 3 aromatic heterocycles. The Morgan fingerprint density at radius 1 is 1.32 bits per heavy atom. The summed E-state index contributed by atoms with van der Waals surface area (Å²) in [6.45, 7) is 6.14. The number of hydrogen-bond acceptors (Lipinski definition) is 6. The van der Waals surface area contributed by atoms with Crippen LogP contribution in [0.1, 0.15) is 55.3 Å². The van der Waals surface area contributed by atoms with Crippen molar-refractivity contribution in [1.82, 2.24) is 30.1 Å². The van der Waals surface area contributed by atoms with Crippen LogP contribution in [0.25, 0.3) is 5.65 Å². The molecular formula is C18H24N6O. The molecule has 4 rings (SSSR count). The highest BCUT2D eigenvalue weighted by Gasteiger charge is 2.28. The highest BCUT2D eigenvalue weighted by atomic mass is 16.4. The summed E-state index contributed by atoms with van der Waals surface area (Å²) in [4.78, 5) is 4.50. The first-order chi connectivity index (χ1) is 12.1. The second-order valence-corrected chi connectivity index (χ2v) is 7.08. The smallest absolute Gasteiger partial charge is 0.216 e. The first kappa shape index (κ1) is 16.2. The van der Waals surface area contributed by atoms with Crippen molar-refractivity contribution < 1.29 is 4.42 Å². The predicted octanol–water partition coefficient (Wildman–Crippen LogP) is 2.79. The molecule has 1 fully saturated rings. The van der Waals surface area contributed by atoms with E-state index in [-0.39, 0.29) is 6.04 Å². The average molecular weight is 340 g/mol. The summed E-state index contributed by atoms with van der Waals surface area (Å²) in [6.07, 6.45) is 8.16. The molecule has 1 N–H and O–H groups in total. The summed E-state index contributed by atoms with van der Waals surface area (Å²) in [5.74, 6) is 2.02. The molecule has 132 valence electrons. The van der Waals surface area contributed by atoms with Crippen LogP contribution in [0.2, 0.25) is 0 Å². The van der Waals surface area contributed by atoms with Gasteiger partial charge >= 0.3 is 0 Å². The third-order valence-corrected chi connectivity index (χ3v) is 5.22. The topological polar surface area (TPSA) is 81.1 Å². The quantitative estimate of drug-likeness (QED) is 0.769. The molecule has 0 aliphatic heterocycles. The fourth-order valence-corrected chi connectivity index (χ4v) is 3.95. The van der Waals surface area contributed by atoms with Gasteiger partial charge in [-0.05, 0) is 39.0 Å². The maximum atomic E-state index is 5.52. The van der Waals surface area contributed by atoms with Gasteiger partial charge in [-0.15, -0.1) is 10.2 Å². The van der Waals surface area contributed by atoms with Gasteiger partial charge in [0.15, 0.2) is 5.65 Å².